The van der Waals surface area contributed by atoms with Crippen molar-refractivity contribution in [2.45, 2.75) is 132 Å². The molecule has 0 fully saturated rings. The maximum Gasteiger partial charge on any atom is 0.0520 e. The van der Waals surface area contributed by atoms with Crippen LogP contribution in [0.2, 0.25) is 0 Å². The maximum atomic E-state index is 2.45. The SMILES string of the molecule is CCCC(C)c1ccc(N(c2ccc(-c3ccc(N(c4ccc(C(C)C)cc4)c4c(C)cc(C(C)(C)C)cc4C)cc3)cc2)c2c(C)cc(C(C)(C)C)cc2C)cc1. The summed E-state index contributed by atoms with van der Waals surface area (Å²) in [5, 5.41) is 0. The first-order chi connectivity index (χ1) is 27.4. The molecule has 2 nitrogen and oxygen atoms in total. The van der Waals surface area contributed by atoms with Gasteiger partial charge in [-0.3, -0.25) is 0 Å². The Labute approximate surface area is 352 Å². The summed E-state index contributed by atoms with van der Waals surface area (Å²) in [6.45, 7) is 32.0. The topological polar surface area (TPSA) is 6.48 Å². The van der Waals surface area contributed by atoms with Crippen LogP contribution in [-0.4, -0.2) is 0 Å². The van der Waals surface area contributed by atoms with Gasteiger partial charge < -0.3 is 9.80 Å². The molecule has 0 bridgehead atoms. The average molecular weight is 769 g/mol. The van der Waals surface area contributed by atoms with E-state index in [0.717, 1.165) is 11.4 Å². The van der Waals surface area contributed by atoms with Gasteiger partial charge in [-0.25, -0.2) is 0 Å². The Bertz CT molecular complexity index is 2260. The smallest absolute Gasteiger partial charge is 0.0520 e. The highest BCUT2D eigenvalue weighted by atomic mass is 15.2. The van der Waals surface area contributed by atoms with Crippen molar-refractivity contribution in [3.05, 3.63) is 166 Å². The van der Waals surface area contributed by atoms with E-state index in [1.54, 1.807) is 0 Å². The van der Waals surface area contributed by atoms with Gasteiger partial charge in [0.15, 0.2) is 0 Å². The van der Waals surface area contributed by atoms with Crippen molar-refractivity contribution in [2.24, 2.45) is 0 Å². The normalized spacial score (nSPS) is 12.5. The predicted molar refractivity (Wildman–Crippen MR) is 255 cm³/mol. The molecule has 0 aliphatic rings. The fourth-order valence-electron chi connectivity index (χ4n) is 8.46. The van der Waals surface area contributed by atoms with E-state index in [-0.39, 0.29) is 10.8 Å². The summed E-state index contributed by atoms with van der Waals surface area (Å²) in [7, 11) is 0. The Morgan fingerprint density at radius 3 is 1.00 bits per heavy atom. The van der Waals surface area contributed by atoms with Gasteiger partial charge in [-0.05, 0) is 161 Å². The molecule has 6 rings (SSSR count). The van der Waals surface area contributed by atoms with E-state index >= 15 is 0 Å². The molecule has 0 aromatic heterocycles. The van der Waals surface area contributed by atoms with E-state index in [0.29, 0.717) is 11.8 Å². The summed E-state index contributed by atoms with van der Waals surface area (Å²) < 4.78 is 0. The van der Waals surface area contributed by atoms with Gasteiger partial charge in [0, 0.05) is 22.7 Å². The van der Waals surface area contributed by atoms with E-state index in [4.69, 9.17) is 0 Å². The summed E-state index contributed by atoms with van der Waals surface area (Å²) in [5.74, 6) is 1.03. The monoisotopic (exact) mass is 769 g/mol. The Morgan fingerprint density at radius 2 is 0.724 bits per heavy atom. The summed E-state index contributed by atoms with van der Waals surface area (Å²) >= 11 is 0. The number of benzene rings is 6. The van der Waals surface area contributed by atoms with Crippen LogP contribution in [0.15, 0.2) is 121 Å². The molecule has 0 aliphatic heterocycles. The maximum absolute atomic E-state index is 2.45. The molecule has 6 aromatic rings. The van der Waals surface area contributed by atoms with E-state index in [1.165, 1.54) is 91.2 Å². The first-order valence-electron chi connectivity index (χ1n) is 21.6. The fraction of sp³-hybridized carbons (Fsp3) is 0.357. The fourth-order valence-corrected chi connectivity index (χ4v) is 8.46. The first-order valence-corrected chi connectivity index (χ1v) is 21.6. The van der Waals surface area contributed by atoms with Gasteiger partial charge in [0.2, 0.25) is 0 Å². The van der Waals surface area contributed by atoms with Gasteiger partial charge in [0.1, 0.15) is 0 Å². The molecule has 1 unspecified atom stereocenters. The third-order valence-electron chi connectivity index (χ3n) is 12.0. The van der Waals surface area contributed by atoms with Gasteiger partial charge in [0.05, 0.1) is 11.4 Å². The van der Waals surface area contributed by atoms with Crippen molar-refractivity contribution in [1.82, 2.24) is 0 Å². The van der Waals surface area contributed by atoms with Crippen LogP contribution in [0.5, 0.6) is 0 Å². The lowest BCUT2D eigenvalue weighted by Gasteiger charge is -2.31. The summed E-state index contributed by atoms with van der Waals surface area (Å²) in [5.41, 5.74) is 20.3. The van der Waals surface area contributed by atoms with Crippen LogP contribution < -0.4 is 9.80 Å². The van der Waals surface area contributed by atoms with E-state index in [1.807, 2.05) is 0 Å². The average Bonchev–Trinajstić information content (AvgIpc) is 3.17. The lowest BCUT2D eigenvalue weighted by molar-refractivity contribution is 0.589. The first kappa shape index (κ1) is 42.5. The second kappa shape index (κ2) is 17.0. The number of aryl methyl sites for hydroxylation is 4. The molecule has 0 amide bonds. The van der Waals surface area contributed by atoms with Crippen LogP contribution in [0.4, 0.5) is 34.1 Å². The Hall–Kier alpha value is -5.08. The Morgan fingerprint density at radius 1 is 0.431 bits per heavy atom. The van der Waals surface area contributed by atoms with Crippen molar-refractivity contribution in [1.29, 1.82) is 0 Å². The Balaban J connectivity index is 1.39. The number of hydrogen-bond donors (Lipinski definition) is 0. The zero-order chi connectivity index (χ0) is 42.1. The standard InChI is InChI=1S/C56H68N2/c1-15-16-38(4)44-19-27-50(28-20-44)58(54-41(7)35-48(36-42(54)8)56(12,13)14)52-31-23-46(24-32-52)45-21-29-51(30-22-45)57(49-25-17-43(18-26-49)37(2)3)53-39(5)33-47(34-40(53)6)55(9,10)11/h17-38H,15-16H2,1-14H3. The third kappa shape index (κ3) is 9.13. The molecule has 0 saturated heterocycles. The minimum absolute atomic E-state index is 0.0805. The molecule has 302 valence electrons. The van der Waals surface area contributed by atoms with Gasteiger partial charge in [0.25, 0.3) is 0 Å². The number of rotatable bonds is 11. The highest BCUT2D eigenvalue weighted by Gasteiger charge is 2.24. The van der Waals surface area contributed by atoms with Crippen LogP contribution in [0.25, 0.3) is 11.1 Å². The number of nitrogens with zero attached hydrogens (tertiary/aromatic N) is 2. The van der Waals surface area contributed by atoms with Crippen LogP contribution >= 0.6 is 0 Å². The number of anilines is 6. The quantitative estimate of drug-likeness (QED) is 0.130. The van der Waals surface area contributed by atoms with Crippen molar-refractivity contribution >= 4 is 34.1 Å². The zero-order valence-corrected chi connectivity index (χ0v) is 38.0. The van der Waals surface area contributed by atoms with Crippen LogP contribution in [0.1, 0.15) is 138 Å². The van der Waals surface area contributed by atoms with Crippen LogP contribution in [0, 0.1) is 27.7 Å². The van der Waals surface area contributed by atoms with Gasteiger partial charge in [-0.15, -0.1) is 0 Å². The molecule has 0 saturated carbocycles. The van der Waals surface area contributed by atoms with E-state index < -0.39 is 0 Å². The Kier molecular flexibility index (Phi) is 12.5. The molecule has 0 radical (unpaired) electrons. The van der Waals surface area contributed by atoms with Crippen molar-refractivity contribution in [3.63, 3.8) is 0 Å². The largest absolute Gasteiger partial charge is 0.310 e. The van der Waals surface area contributed by atoms with Crippen LogP contribution in [-0.2, 0) is 10.8 Å². The predicted octanol–water partition coefficient (Wildman–Crippen LogP) is 17.1. The molecule has 0 heterocycles. The summed E-state index contributed by atoms with van der Waals surface area (Å²) in [6.07, 6.45) is 2.39. The van der Waals surface area contributed by atoms with Crippen molar-refractivity contribution in [2.75, 3.05) is 9.80 Å². The highest BCUT2D eigenvalue weighted by Crippen LogP contribution is 2.44. The molecular weight excluding hydrogens is 701 g/mol. The molecular formula is C56H68N2. The second-order valence-corrected chi connectivity index (χ2v) is 19.2. The minimum Gasteiger partial charge on any atom is -0.310 e. The molecule has 0 aliphatic carbocycles. The highest BCUT2D eigenvalue weighted by molar-refractivity contribution is 5.84. The molecule has 1 atom stereocenters. The van der Waals surface area contributed by atoms with Crippen molar-refractivity contribution in [3.8, 4) is 11.1 Å². The molecule has 0 N–H and O–H groups in total. The minimum atomic E-state index is 0.0805. The van der Waals surface area contributed by atoms with Gasteiger partial charge >= 0.3 is 0 Å². The van der Waals surface area contributed by atoms with Gasteiger partial charge in [-0.1, -0.05) is 148 Å². The molecule has 2 heteroatoms. The lowest BCUT2D eigenvalue weighted by Crippen LogP contribution is -2.16. The summed E-state index contributed by atoms with van der Waals surface area (Å²) in [4.78, 5) is 4.89. The molecule has 6 aromatic carbocycles. The zero-order valence-electron chi connectivity index (χ0n) is 38.0. The van der Waals surface area contributed by atoms with Gasteiger partial charge in [-0.2, -0.15) is 0 Å². The second-order valence-electron chi connectivity index (χ2n) is 19.2. The van der Waals surface area contributed by atoms with E-state index in [2.05, 4.69) is 228 Å². The molecule has 0 spiro atoms. The summed E-state index contributed by atoms with van der Waals surface area (Å²) in [6, 6.07) is 46.2. The van der Waals surface area contributed by atoms with Crippen LogP contribution in [0.3, 0.4) is 0 Å². The number of hydrogen-bond acceptors (Lipinski definition) is 2. The van der Waals surface area contributed by atoms with Crippen molar-refractivity contribution < 1.29 is 0 Å². The molecule has 58 heavy (non-hydrogen) atoms. The lowest BCUT2D eigenvalue weighted by atomic mass is 9.84. The third-order valence-corrected chi connectivity index (χ3v) is 12.0. The van der Waals surface area contributed by atoms with E-state index in [9.17, 15) is 0 Å².